The average molecular weight is 447 g/mol. The number of benzene rings is 2. The Bertz CT molecular complexity index is 1350. The number of rotatable bonds is 5. The molecule has 1 aromatic heterocycles. The number of anilines is 1. The van der Waals surface area contributed by atoms with Crippen LogP contribution in [0.5, 0.6) is 5.75 Å². The van der Waals surface area contributed by atoms with Gasteiger partial charge in [0.15, 0.2) is 0 Å². The molecule has 8 heteroatoms. The highest BCUT2D eigenvalue weighted by atomic mass is 16.5. The number of fused-ring (bicyclic) bond motifs is 1. The van der Waals surface area contributed by atoms with Crippen molar-refractivity contribution in [3.05, 3.63) is 97.7 Å². The highest BCUT2D eigenvalue weighted by Gasteiger charge is 2.38. The van der Waals surface area contributed by atoms with Gasteiger partial charge in [-0.25, -0.2) is 9.59 Å². The first-order chi connectivity index (χ1) is 15.9. The van der Waals surface area contributed by atoms with Gasteiger partial charge in [0.25, 0.3) is 5.56 Å². The Labute approximate surface area is 190 Å². The fourth-order valence-corrected chi connectivity index (χ4v) is 4.15. The van der Waals surface area contributed by atoms with Crippen LogP contribution in [0.4, 0.5) is 5.82 Å². The number of nitrogens with one attached hydrogen (secondary N) is 1. The number of carbonyl (C=O) groups excluding carboxylic acids is 1. The first-order valence-corrected chi connectivity index (χ1v) is 10.6. The third-order valence-electron chi connectivity index (χ3n) is 5.80. The summed E-state index contributed by atoms with van der Waals surface area (Å²) in [5, 5.41) is 3.21. The summed E-state index contributed by atoms with van der Waals surface area (Å²) >= 11 is 0. The first kappa shape index (κ1) is 22.1. The van der Waals surface area contributed by atoms with Crippen molar-refractivity contribution in [3.63, 3.8) is 0 Å². The lowest BCUT2D eigenvalue weighted by molar-refractivity contribution is -0.138. The highest BCUT2D eigenvalue weighted by molar-refractivity contribution is 6.04. The van der Waals surface area contributed by atoms with Crippen LogP contribution < -0.4 is 21.3 Å². The summed E-state index contributed by atoms with van der Waals surface area (Å²) in [6, 6.07) is 16.5. The van der Waals surface area contributed by atoms with Crippen LogP contribution in [0, 0.1) is 0 Å². The lowest BCUT2D eigenvalue weighted by atomic mass is 9.81. The Balaban J connectivity index is 2.11. The van der Waals surface area contributed by atoms with E-state index in [4.69, 9.17) is 9.47 Å². The van der Waals surface area contributed by atoms with Gasteiger partial charge in [0.2, 0.25) is 0 Å². The van der Waals surface area contributed by atoms with E-state index in [1.807, 2.05) is 42.5 Å². The molecular weight excluding hydrogens is 422 g/mol. The fraction of sp³-hybridized carbons (Fsp3) is 0.240. The number of hydrogen-bond acceptors (Lipinski definition) is 6. The molecule has 2 aromatic carbocycles. The van der Waals surface area contributed by atoms with E-state index in [1.165, 1.54) is 11.6 Å². The Morgan fingerprint density at radius 1 is 1.00 bits per heavy atom. The third kappa shape index (κ3) is 3.73. The van der Waals surface area contributed by atoms with E-state index >= 15 is 0 Å². The molecule has 33 heavy (non-hydrogen) atoms. The summed E-state index contributed by atoms with van der Waals surface area (Å²) in [5.41, 5.74) is 1.58. The highest BCUT2D eigenvalue weighted by Crippen LogP contribution is 2.43. The van der Waals surface area contributed by atoms with E-state index in [2.05, 4.69) is 5.32 Å². The number of ether oxygens (including phenoxy) is 2. The molecule has 0 aliphatic carbocycles. The van der Waals surface area contributed by atoms with Gasteiger partial charge in [-0.15, -0.1) is 0 Å². The van der Waals surface area contributed by atoms with Crippen LogP contribution in [0.25, 0.3) is 5.70 Å². The molecule has 1 aliphatic rings. The molecule has 2 heterocycles. The molecule has 0 amide bonds. The van der Waals surface area contributed by atoms with Crippen molar-refractivity contribution in [1.29, 1.82) is 0 Å². The zero-order valence-electron chi connectivity index (χ0n) is 18.9. The minimum absolute atomic E-state index is 0.178. The Morgan fingerprint density at radius 2 is 1.67 bits per heavy atom. The van der Waals surface area contributed by atoms with Gasteiger partial charge in [0.05, 0.1) is 36.5 Å². The maximum absolute atomic E-state index is 13.4. The van der Waals surface area contributed by atoms with Gasteiger partial charge < -0.3 is 14.8 Å². The van der Waals surface area contributed by atoms with Crippen molar-refractivity contribution in [3.8, 4) is 5.75 Å². The number of esters is 1. The van der Waals surface area contributed by atoms with Crippen LogP contribution in [0.3, 0.4) is 0 Å². The molecule has 0 saturated heterocycles. The SMILES string of the molecule is CCOC(=O)C1=C(c2ccccc2)Nc2c(c(=O)n(C)c(=O)n2C)[C@@H]1c1ccc(OC)cc1. The topological polar surface area (TPSA) is 91.6 Å². The standard InChI is InChI=1S/C25H25N3O5/c1-5-33-24(30)19-18(15-11-13-17(32-4)14-12-15)20-22(27(2)25(31)28(3)23(20)29)26-21(19)16-9-7-6-8-10-16/h6-14,18,26H,5H2,1-4H3/t18-/m1/s1. The monoisotopic (exact) mass is 447 g/mol. The molecule has 3 aromatic rings. The molecule has 0 spiro atoms. The predicted octanol–water partition coefficient (Wildman–Crippen LogP) is 2.62. The minimum atomic E-state index is -0.757. The molecule has 0 saturated carbocycles. The molecular formula is C25H25N3O5. The second kappa shape index (κ2) is 8.82. The van der Waals surface area contributed by atoms with Gasteiger partial charge in [-0.3, -0.25) is 13.9 Å². The quantitative estimate of drug-likeness (QED) is 0.605. The number of methoxy groups -OCH3 is 1. The van der Waals surface area contributed by atoms with Gasteiger partial charge in [-0.1, -0.05) is 42.5 Å². The molecule has 8 nitrogen and oxygen atoms in total. The van der Waals surface area contributed by atoms with Gasteiger partial charge >= 0.3 is 11.7 Å². The number of hydrogen-bond donors (Lipinski definition) is 1. The van der Waals surface area contributed by atoms with E-state index in [9.17, 15) is 14.4 Å². The predicted molar refractivity (Wildman–Crippen MR) is 125 cm³/mol. The van der Waals surface area contributed by atoms with Gasteiger partial charge in [-0.05, 0) is 30.2 Å². The molecule has 0 radical (unpaired) electrons. The van der Waals surface area contributed by atoms with E-state index in [0.717, 1.165) is 10.1 Å². The van der Waals surface area contributed by atoms with E-state index < -0.39 is 23.1 Å². The van der Waals surface area contributed by atoms with Crippen LogP contribution in [-0.2, 0) is 23.6 Å². The Morgan fingerprint density at radius 3 is 2.27 bits per heavy atom. The zero-order chi connectivity index (χ0) is 23.7. The smallest absolute Gasteiger partial charge is 0.337 e. The summed E-state index contributed by atoms with van der Waals surface area (Å²) < 4.78 is 13.1. The van der Waals surface area contributed by atoms with Crippen molar-refractivity contribution in [2.45, 2.75) is 12.8 Å². The van der Waals surface area contributed by atoms with E-state index in [1.54, 1.807) is 33.2 Å². The summed E-state index contributed by atoms with van der Waals surface area (Å²) in [7, 11) is 4.59. The van der Waals surface area contributed by atoms with Gasteiger partial charge in [0.1, 0.15) is 11.6 Å². The molecule has 1 N–H and O–H groups in total. The lowest BCUT2D eigenvalue weighted by Crippen LogP contribution is -2.43. The molecule has 0 unspecified atom stereocenters. The first-order valence-electron chi connectivity index (χ1n) is 10.6. The normalized spacial score (nSPS) is 15.0. The maximum Gasteiger partial charge on any atom is 0.337 e. The van der Waals surface area contributed by atoms with Crippen LogP contribution in [0.15, 0.2) is 69.8 Å². The average Bonchev–Trinajstić information content (AvgIpc) is 2.85. The summed E-state index contributed by atoms with van der Waals surface area (Å²) in [6.45, 7) is 1.91. The third-order valence-corrected chi connectivity index (χ3v) is 5.80. The largest absolute Gasteiger partial charge is 0.497 e. The summed E-state index contributed by atoms with van der Waals surface area (Å²) in [4.78, 5) is 39.4. The fourth-order valence-electron chi connectivity index (χ4n) is 4.15. The van der Waals surface area contributed by atoms with Crippen LogP contribution in [0.1, 0.15) is 29.5 Å². The number of nitrogens with zero attached hydrogens (tertiary/aromatic N) is 2. The molecule has 0 fully saturated rings. The number of carbonyl (C=O) groups is 1. The van der Waals surface area contributed by atoms with Crippen molar-refractivity contribution < 1.29 is 14.3 Å². The second-order valence-electron chi connectivity index (χ2n) is 7.67. The van der Waals surface area contributed by atoms with Crippen molar-refractivity contribution in [2.24, 2.45) is 14.1 Å². The molecule has 0 bridgehead atoms. The lowest BCUT2D eigenvalue weighted by Gasteiger charge is -2.32. The number of aromatic nitrogens is 2. The molecule has 4 rings (SSSR count). The molecule has 1 aliphatic heterocycles. The van der Waals surface area contributed by atoms with Crippen LogP contribution >= 0.6 is 0 Å². The summed E-state index contributed by atoms with van der Waals surface area (Å²) in [6.07, 6.45) is 0. The molecule has 1 atom stereocenters. The maximum atomic E-state index is 13.4. The second-order valence-corrected chi connectivity index (χ2v) is 7.67. The molecule has 170 valence electrons. The van der Waals surface area contributed by atoms with Crippen molar-refractivity contribution in [1.82, 2.24) is 9.13 Å². The van der Waals surface area contributed by atoms with Crippen molar-refractivity contribution >= 4 is 17.5 Å². The minimum Gasteiger partial charge on any atom is -0.497 e. The Hall–Kier alpha value is -4.07. The van der Waals surface area contributed by atoms with Crippen molar-refractivity contribution in [2.75, 3.05) is 19.0 Å². The summed E-state index contributed by atoms with van der Waals surface area (Å²) in [5.74, 6) is -0.305. The van der Waals surface area contributed by atoms with E-state index in [0.29, 0.717) is 34.0 Å². The van der Waals surface area contributed by atoms with E-state index in [-0.39, 0.29) is 6.61 Å². The Kier molecular flexibility index (Phi) is 5.91. The van der Waals surface area contributed by atoms with Crippen LogP contribution in [0.2, 0.25) is 0 Å². The zero-order valence-corrected chi connectivity index (χ0v) is 18.9. The van der Waals surface area contributed by atoms with Crippen LogP contribution in [-0.4, -0.2) is 28.8 Å². The van der Waals surface area contributed by atoms with Gasteiger partial charge in [0, 0.05) is 14.1 Å². The van der Waals surface area contributed by atoms with Gasteiger partial charge in [-0.2, -0.15) is 0 Å².